The second kappa shape index (κ2) is 7.29. The summed E-state index contributed by atoms with van der Waals surface area (Å²) in [6.07, 6.45) is 1.22. The number of hydrogen-bond acceptors (Lipinski definition) is 3. The van der Waals surface area contributed by atoms with Crippen LogP contribution in [0.5, 0.6) is 0 Å². The number of rotatable bonds is 4. The largest absolute Gasteiger partial charge is 0.391 e. The molecule has 0 unspecified atom stereocenters. The molecule has 3 rings (SSSR count). The Morgan fingerprint density at radius 3 is 2.65 bits per heavy atom. The third kappa shape index (κ3) is 3.90. The van der Waals surface area contributed by atoms with Crippen LogP contribution in [0.15, 0.2) is 54.6 Å². The van der Waals surface area contributed by atoms with Crippen molar-refractivity contribution in [1.29, 1.82) is 0 Å². The summed E-state index contributed by atoms with van der Waals surface area (Å²) in [5.74, 6) is -0.0140. The molecule has 1 aliphatic heterocycles. The summed E-state index contributed by atoms with van der Waals surface area (Å²) in [6.45, 7) is 1.81. The molecule has 4 heteroatoms. The first-order chi connectivity index (χ1) is 11.2. The summed E-state index contributed by atoms with van der Waals surface area (Å²) in [5.41, 5.74) is 2.67. The number of nitrogens with zero attached hydrogens (tertiary/aromatic N) is 1. The number of carbonyl (C=O) groups excluding carboxylic acids is 1. The fourth-order valence-corrected chi connectivity index (χ4v) is 2.93. The fourth-order valence-electron chi connectivity index (χ4n) is 2.93. The van der Waals surface area contributed by atoms with Crippen molar-refractivity contribution in [3.8, 4) is 0 Å². The highest BCUT2D eigenvalue weighted by Crippen LogP contribution is 2.20. The number of aliphatic hydroxyl groups excluding tert-OH is 1. The molecular weight excluding hydrogens is 288 g/mol. The number of piperidine rings is 1. The number of carbonyl (C=O) groups is 1. The molecule has 1 aliphatic rings. The minimum Gasteiger partial charge on any atom is -0.391 e. The van der Waals surface area contributed by atoms with Gasteiger partial charge in [-0.25, -0.2) is 0 Å². The highest BCUT2D eigenvalue weighted by molar-refractivity contribution is 5.99. The van der Waals surface area contributed by atoms with Crippen LogP contribution in [-0.4, -0.2) is 35.1 Å². The van der Waals surface area contributed by atoms with Gasteiger partial charge in [0.25, 0.3) is 5.91 Å². The Balaban J connectivity index is 1.73. The van der Waals surface area contributed by atoms with Gasteiger partial charge in [0.2, 0.25) is 0 Å². The monoisotopic (exact) mass is 310 g/mol. The normalized spacial score (nSPS) is 17.8. The van der Waals surface area contributed by atoms with Crippen LogP contribution in [0.4, 0.5) is 5.69 Å². The van der Waals surface area contributed by atoms with Crippen molar-refractivity contribution in [2.24, 2.45) is 0 Å². The molecule has 1 fully saturated rings. The van der Waals surface area contributed by atoms with Gasteiger partial charge in [0.05, 0.1) is 11.7 Å². The lowest BCUT2D eigenvalue weighted by Crippen LogP contribution is -2.42. The number of nitrogens with one attached hydrogen (secondary N) is 1. The third-order valence-corrected chi connectivity index (χ3v) is 4.17. The Bertz CT molecular complexity index is 657. The van der Waals surface area contributed by atoms with E-state index in [0.717, 1.165) is 18.5 Å². The number of para-hydroxylation sites is 1. The molecule has 2 aromatic carbocycles. The van der Waals surface area contributed by atoms with Crippen LogP contribution in [0.2, 0.25) is 0 Å². The third-order valence-electron chi connectivity index (χ3n) is 4.17. The average molecular weight is 310 g/mol. The van der Waals surface area contributed by atoms with E-state index >= 15 is 0 Å². The summed E-state index contributed by atoms with van der Waals surface area (Å²) in [5, 5.41) is 13.1. The average Bonchev–Trinajstić information content (AvgIpc) is 2.60. The van der Waals surface area contributed by atoms with E-state index in [1.54, 1.807) is 4.90 Å². The zero-order chi connectivity index (χ0) is 16.1. The Hall–Kier alpha value is -2.33. The second-order valence-corrected chi connectivity index (χ2v) is 5.93. The summed E-state index contributed by atoms with van der Waals surface area (Å²) < 4.78 is 0. The van der Waals surface area contributed by atoms with Crippen molar-refractivity contribution >= 4 is 11.6 Å². The minimum atomic E-state index is -0.405. The lowest BCUT2D eigenvalue weighted by molar-refractivity contribution is 0.0474. The molecule has 2 aromatic rings. The predicted molar refractivity (Wildman–Crippen MR) is 91.4 cm³/mol. The molecule has 0 bridgehead atoms. The lowest BCUT2D eigenvalue weighted by atomic mass is 10.1. The maximum absolute atomic E-state index is 12.8. The van der Waals surface area contributed by atoms with Crippen LogP contribution in [0.3, 0.4) is 0 Å². The standard InChI is InChI=1S/C19H22N2O2/c22-16-9-6-12-21(14-16)19(23)17-10-4-5-11-18(17)20-13-15-7-2-1-3-8-15/h1-5,7-8,10-11,16,20,22H,6,9,12-14H2/t16-/m0/s1. The quantitative estimate of drug-likeness (QED) is 0.913. The molecule has 2 N–H and O–H groups in total. The molecule has 23 heavy (non-hydrogen) atoms. The van der Waals surface area contributed by atoms with Crippen LogP contribution in [0.25, 0.3) is 0 Å². The van der Waals surface area contributed by atoms with Gasteiger partial charge in [0.1, 0.15) is 0 Å². The van der Waals surface area contributed by atoms with Gasteiger partial charge in [-0.1, -0.05) is 42.5 Å². The number of aliphatic hydroxyl groups is 1. The van der Waals surface area contributed by atoms with E-state index in [-0.39, 0.29) is 5.91 Å². The fraction of sp³-hybridized carbons (Fsp3) is 0.316. The van der Waals surface area contributed by atoms with Gasteiger partial charge in [0, 0.05) is 25.3 Å². The first kappa shape index (κ1) is 15.6. The number of hydrogen-bond donors (Lipinski definition) is 2. The summed E-state index contributed by atoms with van der Waals surface area (Å²) in [6, 6.07) is 17.7. The number of anilines is 1. The lowest BCUT2D eigenvalue weighted by Gasteiger charge is -2.30. The first-order valence-electron chi connectivity index (χ1n) is 8.08. The molecule has 1 atom stereocenters. The van der Waals surface area contributed by atoms with Gasteiger partial charge in [-0.2, -0.15) is 0 Å². The molecule has 1 amide bonds. The minimum absolute atomic E-state index is 0.0140. The van der Waals surface area contributed by atoms with Crippen molar-refractivity contribution in [3.63, 3.8) is 0 Å². The molecule has 4 nitrogen and oxygen atoms in total. The highest BCUT2D eigenvalue weighted by atomic mass is 16.3. The molecule has 1 heterocycles. The van der Waals surface area contributed by atoms with Crippen LogP contribution >= 0.6 is 0 Å². The van der Waals surface area contributed by atoms with Gasteiger partial charge in [0.15, 0.2) is 0 Å². The van der Waals surface area contributed by atoms with Crippen molar-refractivity contribution in [3.05, 3.63) is 65.7 Å². The molecule has 1 saturated heterocycles. The van der Waals surface area contributed by atoms with Gasteiger partial charge in [-0.15, -0.1) is 0 Å². The molecule has 0 spiro atoms. The zero-order valence-electron chi connectivity index (χ0n) is 13.1. The summed E-state index contributed by atoms with van der Waals surface area (Å²) in [7, 11) is 0. The highest BCUT2D eigenvalue weighted by Gasteiger charge is 2.24. The Kier molecular flexibility index (Phi) is 4.93. The van der Waals surface area contributed by atoms with E-state index in [1.165, 1.54) is 5.56 Å². The molecule has 0 aromatic heterocycles. The van der Waals surface area contributed by atoms with E-state index in [1.807, 2.05) is 42.5 Å². The van der Waals surface area contributed by atoms with E-state index < -0.39 is 6.10 Å². The van der Waals surface area contributed by atoms with E-state index in [2.05, 4.69) is 17.4 Å². The first-order valence-corrected chi connectivity index (χ1v) is 8.08. The van der Waals surface area contributed by atoms with Crippen molar-refractivity contribution in [2.75, 3.05) is 18.4 Å². The predicted octanol–water partition coefficient (Wildman–Crippen LogP) is 2.90. The Morgan fingerprint density at radius 2 is 1.87 bits per heavy atom. The van der Waals surface area contributed by atoms with E-state index in [0.29, 0.717) is 25.2 Å². The van der Waals surface area contributed by atoms with Crippen LogP contribution in [0, 0.1) is 0 Å². The SMILES string of the molecule is O=C(c1ccccc1NCc1ccccc1)N1CCC[C@H](O)C1. The second-order valence-electron chi connectivity index (χ2n) is 5.93. The molecule has 120 valence electrons. The van der Waals surface area contributed by atoms with Crippen molar-refractivity contribution < 1.29 is 9.90 Å². The van der Waals surface area contributed by atoms with Crippen molar-refractivity contribution in [1.82, 2.24) is 4.90 Å². The number of β-amino-alcohol motifs (C(OH)–C–C–N with tert-alkyl or cyclic N) is 1. The summed E-state index contributed by atoms with van der Waals surface area (Å²) in [4.78, 5) is 14.5. The van der Waals surface area contributed by atoms with Gasteiger partial charge in [-0.3, -0.25) is 4.79 Å². The van der Waals surface area contributed by atoms with Gasteiger partial charge < -0.3 is 15.3 Å². The van der Waals surface area contributed by atoms with E-state index in [4.69, 9.17) is 0 Å². The van der Waals surface area contributed by atoms with Gasteiger partial charge in [-0.05, 0) is 30.5 Å². The molecule has 0 radical (unpaired) electrons. The summed E-state index contributed by atoms with van der Waals surface area (Å²) >= 11 is 0. The molecule has 0 saturated carbocycles. The van der Waals surface area contributed by atoms with Gasteiger partial charge >= 0.3 is 0 Å². The van der Waals surface area contributed by atoms with Crippen LogP contribution in [-0.2, 0) is 6.54 Å². The Labute approximate surface area is 136 Å². The molecular formula is C19H22N2O2. The topological polar surface area (TPSA) is 52.6 Å². The zero-order valence-corrected chi connectivity index (χ0v) is 13.1. The number of amides is 1. The van der Waals surface area contributed by atoms with Crippen molar-refractivity contribution in [2.45, 2.75) is 25.5 Å². The van der Waals surface area contributed by atoms with Crippen LogP contribution in [0.1, 0.15) is 28.8 Å². The smallest absolute Gasteiger partial charge is 0.256 e. The van der Waals surface area contributed by atoms with Crippen LogP contribution < -0.4 is 5.32 Å². The molecule has 0 aliphatic carbocycles. The number of likely N-dealkylation sites (tertiary alicyclic amines) is 1. The van der Waals surface area contributed by atoms with E-state index in [9.17, 15) is 9.90 Å². The number of benzene rings is 2. The maximum atomic E-state index is 12.8. The Morgan fingerprint density at radius 1 is 1.13 bits per heavy atom. The maximum Gasteiger partial charge on any atom is 0.256 e.